The number of methoxy groups -OCH3 is 1. The fraction of sp³-hybridized carbons (Fsp3) is 0.100. The number of carbonyl (C=O) groups is 1. The molecule has 0 atom stereocenters. The van der Waals surface area contributed by atoms with Gasteiger partial charge in [-0.3, -0.25) is 9.59 Å². The summed E-state index contributed by atoms with van der Waals surface area (Å²) >= 11 is 5.78. The number of carbonyl (C=O) groups excluding carboxylic acids is 1. The molecule has 0 saturated heterocycles. The highest BCUT2D eigenvalue weighted by Crippen LogP contribution is 2.30. The highest BCUT2D eigenvalue weighted by atomic mass is 35.5. The van der Waals surface area contributed by atoms with Crippen LogP contribution in [0.25, 0.3) is 5.69 Å². The molecular formula is C20H15ClF3N5O3. The molecule has 0 unspecified atom stereocenters. The number of nitrogens with zero attached hydrogens (tertiary/aromatic N) is 3. The Hall–Kier alpha value is -3.86. The predicted molar refractivity (Wildman–Crippen MR) is 111 cm³/mol. The Balaban J connectivity index is 1.97. The Labute approximate surface area is 184 Å². The normalized spacial score (nSPS) is 11.8. The zero-order valence-electron chi connectivity index (χ0n) is 16.4. The first-order chi connectivity index (χ1) is 15.1. The maximum Gasteiger partial charge on any atom is 0.416 e. The standard InChI is InChI=1S/C20H15ClF3N5O3/c1-32-15-10-16(30)29(14-4-2-3-12(9-14)20(22,23)24)28-17(15)18(25)26-27-19(31)11-5-7-13(21)8-6-11/h2-10H,1H3,(H2,25,26)(H,27,31). The molecule has 3 N–H and O–H groups in total. The van der Waals surface area contributed by atoms with E-state index in [1.807, 2.05) is 0 Å². The van der Waals surface area contributed by atoms with Crippen LogP contribution in [-0.2, 0) is 6.18 Å². The van der Waals surface area contributed by atoms with Crippen molar-refractivity contribution in [1.82, 2.24) is 15.2 Å². The molecule has 0 bridgehead atoms. The molecule has 1 aromatic heterocycles. The van der Waals surface area contributed by atoms with E-state index in [0.29, 0.717) is 5.02 Å². The predicted octanol–water partition coefficient (Wildman–Crippen LogP) is 2.96. The van der Waals surface area contributed by atoms with Crippen LogP contribution in [0.15, 0.2) is 64.5 Å². The van der Waals surface area contributed by atoms with E-state index in [9.17, 15) is 22.8 Å². The van der Waals surface area contributed by atoms with Gasteiger partial charge in [0, 0.05) is 16.7 Å². The monoisotopic (exact) mass is 465 g/mol. The van der Waals surface area contributed by atoms with Gasteiger partial charge in [0.1, 0.15) is 0 Å². The molecule has 166 valence electrons. The van der Waals surface area contributed by atoms with Gasteiger partial charge in [-0.2, -0.15) is 28.1 Å². The summed E-state index contributed by atoms with van der Waals surface area (Å²) in [5, 5.41) is 8.17. The van der Waals surface area contributed by atoms with Gasteiger partial charge in [-0.1, -0.05) is 17.7 Å². The Morgan fingerprint density at radius 3 is 2.50 bits per heavy atom. The lowest BCUT2D eigenvalue weighted by Gasteiger charge is -2.12. The third-order valence-electron chi connectivity index (χ3n) is 4.16. The molecule has 1 heterocycles. The molecule has 0 spiro atoms. The van der Waals surface area contributed by atoms with Crippen molar-refractivity contribution >= 4 is 23.3 Å². The molecule has 0 saturated carbocycles. The number of nitrogens with one attached hydrogen (secondary N) is 1. The lowest BCUT2D eigenvalue weighted by molar-refractivity contribution is -0.137. The van der Waals surface area contributed by atoms with Crippen LogP contribution >= 0.6 is 11.6 Å². The Morgan fingerprint density at radius 2 is 1.88 bits per heavy atom. The van der Waals surface area contributed by atoms with Gasteiger partial charge in [0.15, 0.2) is 17.3 Å². The van der Waals surface area contributed by atoms with Crippen molar-refractivity contribution in [2.75, 3.05) is 7.11 Å². The maximum atomic E-state index is 13.0. The number of halogens is 4. The largest absolute Gasteiger partial charge is 0.494 e. The molecule has 8 nitrogen and oxygen atoms in total. The molecule has 0 aliphatic heterocycles. The number of amidine groups is 1. The number of hydrogen-bond acceptors (Lipinski definition) is 5. The van der Waals surface area contributed by atoms with Crippen LogP contribution in [0.4, 0.5) is 13.2 Å². The van der Waals surface area contributed by atoms with Gasteiger partial charge in [0.05, 0.1) is 18.4 Å². The van der Waals surface area contributed by atoms with Crippen molar-refractivity contribution in [1.29, 1.82) is 0 Å². The molecule has 32 heavy (non-hydrogen) atoms. The molecule has 0 aliphatic rings. The number of alkyl halides is 3. The van der Waals surface area contributed by atoms with Crippen LogP contribution < -0.4 is 21.5 Å². The summed E-state index contributed by atoms with van der Waals surface area (Å²) < 4.78 is 44.9. The number of ether oxygens (including phenoxy) is 1. The van der Waals surface area contributed by atoms with Gasteiger partial charge in [0.2, 0.25) is 0 Å². The van der Waals surface area contributed by atoms with E-state index in [4.69, 9.17) is 22.1 Å². The highest BCUT2D eigenvalue weighted by Gasteiger charge is 2.30. The lowest BCUT2D eigenvalue weighted by Crippen LogP contribution is -2.29. The van der Waals surface area contributed by atoms with Gasteiger partial charge >= 0.3 is 6.18 Å². The molecule has 0 aliphatic carbocycles. The third-order valence-corrected chi connectivity index (χ3v) is 4.41. The fourth-order valence-corrected chi connectivity index (χ4v) is 2.73. The van der Waals surface area contributed by atoms with E-state index in [2.05, 4.69) is 15.6 Å². The molecule has 3 rings (SSSR count). The summed E-state index contributed by atoms with van der Waals surface area (Å²) in [4.78, 5) is 24.6. The van der Waals surface area contributed by atoms with Crippen LogP contribution in [0, 0.1) is 0 Å². The second kappa shape index (κ2) is 9.10. The van der Waals surface area contributed by atoms with Crippen molar-refractivity contribution < 1.29 is 22.7 Å². The van der Waals surface area contributed by atoms with E-state index in [1.54, 1.807) is 0 Å². The van der Waals surface area contributed by atoms with Crippen LogP contribution in [-0.4, -0.2) is 28.6 Å². The molecule has 3 aromatic rings. The maximum absolute atomic E-state index is 13.0. The Kier molecular flexibility index (Phi) is 6.49. The zero-order valence-corrected chi connectivity index (χ0v) is 17.1. The number of hydrazone groups is 1. The van der Waals surface area contributed by atoms with Crippen molar-refractivity contribution in [3.8, 4) is 11.4 Å². The quantitative estimate of drug-likeness (QED) is 0.342. The summed E-state index contributed by atoms with van der Waals surface area (Å²) in [5.41, 5.74) is 6.33. The minimum Gasteiger partial charge on any atom is -0.494 e. The molecule has 0 fully saturated rings. The molecule has 1 amide bonds. The molecular weight excluding hydrogens is 451 g/mol. The van der Waals surface area contributed by atoms with Gasteiger partial charge in [0.25, 0.3) is 11.5 Å². The average molecular weight is 466 g/mol. The summed E-state index contributed by atoms with van der Waals surface area (Å²) in [7, 11) is 1.24. The second-order valence-electron chi connectivity index (χ2n) is 6.30. The van der Waals surface area contributed by atoms with Crippen LogP contribution in [0.2, 0.25) is 5.02 Å². The van der Waals surface area contributed by atoms with Crippen LogP contribution in [0.3, 0.4) is 0 Å². The van der Waals surface area contributed by atoms with Gasteiger partial charge in [-0.05, 0) is 42.5 Å². The summed E-state index contributed by atoms with van der Waals surface area (Å²) in [6.45, 7) is 0. The third kappa shape index (κ3) is 5.06. The SMILES string of the molecule is COc1cc(=O)n(-c2cccc(C(F)(F)F)c2)nc1C(N)=NNC(=O)c1ccc(Cl)cc1. The Morgan fingerprint density at radius 1 is 1.19 bits per heavy atom. The Bertz CT molecular complexity index is 1240. The number of amides is 1. The highest BCUT2D eigenvalue weighted by molar-refractivity contribution is 6.30. The van der Waals surface area contributed by atoms with E-state index in [0.717, 1.165) is 28.9 Å². The van der Waals surface area contributed by atoms with Crippen molar-refractivity contribution in [3.05, 3.63) is 86.8 Å². The zero-order chi connectivity index (χ0) is 23.5. The van der Waals surface area contributed by atoms with Gasteiger partial charge in [-0.25, -0.2) is 5.43 Å². The minimum absolute atomic E-state index is 0.0831. The lowest BCUT2D eigenvalue weighted by atomic mass is 10.2. The van der Waals surface area contributed by atoms with Crippen molar-refractivity contribution in [2.24, 2.45) is 10.8 Å². The molecule has 0 radical (unpaired) electrons. The number of aromatic nitrogens is 2. The van der Waals surface area contributed by atoms with E-state index in [-0.39, 0.29) is 28.5 Å². The molecule has 2 aromatic carbocycles. The second-order valence-corrected chi connectivity index (χ2v) is 6.74. The number of benzene rings is 2. The summed E-state index contributed by atoms with van der Waals surface area (Å²) in [6.07, 6.45) is -4.61. The van der Waals surface area contributed by atoms with E-state index in [1.165, 1.54) is 37.4 Å². The average Bonchev–Trinajstić information content (AvgIpc) is 2.77. The van der Waals surface area contributed by atoms with E-state index < -0.39 is 23.2 Å². The van der Waals surface area contributed by atoms with Crippen molar-refractivity contribution in [3.63, 3.8) is 0 Å². The van der Waals surface area contributed by atoms with Crippen LogP contribution in [0.5, 0.6) is 5.75 Å². The first-order valence-corrected chi connectivity index (χ1v) is 9.23. The first kappa shape index (κ1) is 22.8. The number of hydrogen-bond donors (Lipinski definition) is 2. The fourth-order valence-electron chi connectivity index (χ4n) is 2.60. The number of rotatable bonds is 5. The minimum atomic E-state index is -4.61. The van der Waals surface area contributed by atoms with Gasteiger partial charge in [-0.15, -0.1) is 0 Å². The summed E-state index contributed by atoms with van der Waals surface area (Å²) in [6, 6.07) is 11.0. The van der Waals surface area contributed by atoms with Crippen LogP contribution in [0.1, 0.15) is 21.6 Å². The molecule has 12 heteroatoms. The first-order valence-electron chi connectivity index (χ1n) is 8.85. The smallest absolute Gasteiger partial charge is 0.416 e. The summed E-state index contributed by atoms with van der Waals surface area (Å²) in [5.74, 6) is -1.03. The van der Waals surface area contributed by atoms with Gasteiger partial charge < -0.3 is 10.5 Å². The van der Waals surface area contributed by atoms with Crippen molar-refractivity contribution in [2.45, 2.75) is 6.18 Å². The topological polar surface area (TPSA) is 112 Å². The van der Waals surface area contributed by atoms with E-state index >= 15 is 0 Å². The number of nitrogens with two attached hydrogens (primary N) is 1.